The van der Waals surface area contributed by atoms with Crippen LogP contribution in [0, 0.1) is 0 Å². The predicted octanol–water partition coefficient (Wildman–Crippen LogP) is 6.05. The normalized spacial score (nSPS) is 16.2. The molecule has 0 unspecified atom stereocenters. The van der Waals surface area contributed by atoms with Crippen molar-refractivity contribution in [3.8, 4) is 28.5 Å². The van der Waals surface area contributed by atoms with Crippen molar-refractivity contribution >= 4 is 11.9 Å². The van der Waals surface area contributed by atoms with Crippen molar-refractivity contribution in [1.82, 2.24) is 15.3 Å². The Morgan fingerprint density at radius 2 is 1.80 bits per heavy atom. The molecule has 3 heterocycles. The predicted molar refractivity (Wildman–Crippen MR) is 137 cm³/mol. The fraction of sp³-hybridized carbons (Fsp3) is 0.357. The Bertz CT molecular complexity index is 1540. The second-order valence-electron chi connectivity index (χ2n) is 9.98. The molecule has 1 saturated carbocycles. The van der Waals surface area contributed by atoms with Crippen molar-refractivity contribution in [2.45, 2.75) is 50.7 Å². The first-order valence-electron chi connectivity index (χ1n) is 13.1. The van der Waals surface area contributed by atoms with Gasteiger partial charge < -0.3 is 28.5 Å². The van der Waals surface area contributed by atoms with Gasteiger partial charge in [0.1, 0.15) is 17.2 Å². The van der Waals surface area contributed by atoms with Crippen molar-refractivity contribution in [1.29, 1.82) is 0 Å². The number of aromatic carboxylic acids is 1. The largest absolute Gasteiger partial charge is 0.573 e. The number of alkyl halides is 3. The highest BCUT2D eigenvalue weighted by molar-refractivity contribution is 5.89. The van der Waals surface area contributed by atoms with Gasteiger partial charge >= 0.3 is 12.3 Å². The van der Waals surface area contributed by atoms with Gasteiger partial charge in [0.15, 0.2) is 0 Å². The van der Waals surface area contributed by atoms with E-state index in [1.807, 2.05) is 4.90 Å². The molecule has 2 aromatic carbocycles. The third-order valence-electron chi connectivity index (χ3n) is 7.09. The molecule has 0 radical (unpaired) electrons. The number of hydrogen-bond donors (Lipinski definition) is 1. The number of aromatic nitrogens is 3. The highest BCUT2D eigenvalue weighted by atomic mass is 19.4. The summed E-state index contributed by atoms with van der Waals surface area (Å²) in [5.74, 6) is 0.0534. The number of para-hydroxylation sites is 1. The van der Waals surface area contributed by atoms with Gasteiger partial charge in [0.05, 0.1) is 18.3 Å². The highest BCUT2D eigenvalue weighted by Crippen LogP contribution is 2.45. The summed E-state index contributed by atoms with van der Waals surface area (Å²) in [5, 5.41) is 17.4. The zero-order valence-corrected chi connectivity index (χ0v) is 21.6. The molecular weight excluding hydrogens is 545 g/mol. The third-order valence-corrected chi connectivity index (χ3v) is 7.09. The van der Waals surface area contributed by atoms with Gasteiger partial charge in [0.25, 0.3) is 11.8 Å². The molecule has 13 heteroatoms. The topological polar surface area (TPSA) is 124 Å². The lowest BCUT2D eigenvalue weighted by atomic mass is 10.0. The quantitative estimate of drug-likeness (QED) is 0.254. The van der Waals surface area contributed by atoms with Crippen LogP contribution in [0.5, 0.6) is 5.75 Å². The minimum absolute atomic E-state index is 0.110. The second-order valence-corrected chi connectivity index (χ2v) is 9.98. The summed E-state index contributed by atoms with van der Waals surface area (Å²) in [6, 6.07) is 12.1. The van der Waals surface area contributed by atoms with Crippen LogP contribution in [0.3, 0.4) is 0 Å². The van der Waals surface area contributed by atoms with Crippen LogP contribution in [0.4, 0.5) is 19.1 Å². The van der Waals surface area contributed by atoms with Crippen LogP contribution in [0.1, 0.15) is 53.3 Å². The number of carboxylic acid groups (broad SMARTS) is 1. The summed E-state index contributed by atoms with van der Waals surface area (Å²) < 4.78 is 60.5. The molecule has 214 valence electrons. The lowest BCUT2D eigenvalue weighted by Gasteiger charge is -2.30. The van der Waals surface area contributed by atoms with E-state index < -0.39 is 12.3 Å². The first-order valence-corrected chi connectivity index (χ1v) is 13.1. The number of hydrogen-bond acceptors (Lipinski definition) is 9. The van der Waals surface area contributed by atoms with Gasteiger partial charge in [-0.2, -0.15) is 4.98 Å². The number of halogens is 3. The van der Waals surface area contributed by atoms with Gasteiger partial charge in [-0.25, -0.2) is 4.79 Å². The average Bonchev–Trinajstić information content (AvgIpc) is 3.52. The van der Waals surface area contributed by atoms with E-state index in [0.717, 1.165) is 12.8 Å². The number of rotatable bonds is 9. The Morgan fingerprint density at radius 3 is 2.54 bits per heavy atom. The SMILES string of the molecule is O=C(O)c1cccc(-c2nc(N3CCC(OCc4c(-c5ccccc5OC(F)(F)F)noc4C4CC4)CC3)no2)c1. The molecule has 0 bridgehead atoms. The number of carboxylic acids is 1. The molecular formula is C28H25F3N4O6. The zero-order chi connectivity index (χ0) is 28.6. The minimum Gasteiger partial charge on any atom is -0.478 e. The van der Waals surface area contributed by atoms with Crippen molar-refractivity contribution in [2.75, 3.05) is 18.0 Å². The molecule has 41 heavy (non-hydrogen) atoms. The Labute approximate surface area is 231 Å². The van der Waals surface area contributed by atoms with E-state index in [-0.39, 0.29) is 47.1 Å². The van der Waals surface area contributed by atoms with E-state index in [9.17, 15) is 23.1 Å². The molecule has 1 aliphatic heterocycles. The summed E-state index contributed by atoms with van der Waals surface area (Å²) in [6.45, 7) is 1.32. The van der Waals surface area contributed by atoms with E-state index in [4.69, 9.17) is 13.8 Å². The molecule has 1 N–H and O–H groups in total. The van der Waals surface area contributed by atoms with Crippen molar-refractivity contribution in [3.05, 3.63) is 65.4 Å². The van der Waals surface area contributed by atoms with Crippen LogP contribution in [-0.2, 0) is 11.3 Å². The van der Waals surface area contributed by atoms with E-state index in [2.05, 4.69) is 20.0 Å². The Kier molecular flexibility index (Phi) is 7.12. The molecule has 10 nitrogen and oxygen atoms in total. The van der Waals surface area contributed by atoms with Gasteiger partial charge in [-0.1, -0.05) is 23.4 Å². The van der Waals surface area contributed by atoms with Crippen LogP contribution in [0.2, 0.25) is 0 Å². The van der Waals surface area contributed by atoms with Gasteiger partial charge in [-0.15, -0.1) is 13.2 Å². The Morgan fingerprint density at radius 1 is 1.02 bits per heavy atom. The number of benzene rings is 2. The number of nitrogens with zero attached hydrogens (tertiary/aromatic N) is 4. The highest BCUT2D eigenvalue weighted by Gasteiger charge is 2.36. The summed E-state index contributed by atoms with van der Waals surface area (Å²) in [7, 11) is 0. The van der Waals surface area contributed by atoms with Crippen LogP contribution in [0.25, 0.3) is 22.7 Å². The maximum Gasteiger partial charge on any atom is 0.573 e. The fourth-order valence-electron chi connectivity index (χ4n) is 4.89. The molecule has 2 fully saturated rings. The number of ether oxygens (including phenoxy) is 2. The molecule has 1 saturated heterocycles. The molecule has 0 atom stereocenters. The van der Waals surface area contributed by atoms with E-state index in [1.54, 1.807) is 18.2 Å². The van der Waals surface area contributed by atoms with E-state index >= 15 is 0 Å². The third kappa shape index (κ3) is 6.04. The standard InChI is InChI=1S/C28H25F3N4O6/c29-28(30,31)39-22-7-2-1-6-20(22)23-21(24(40-33-23)16-8-9-16)15-38-19-10-12-35(13-11-19)27-32-25(41-34-27)17-4-3-5-18(14-17)26(36)37/h1-7,14,16,19H,8-13,15H2,(H,36,37). The lowest BCUT2D eigenvalue weighted by Crippen LogP contribution is -2.37. The Hall–Kier alpha value is -4.39. The smallest absolute Gasteiger partial charge is 0.478 e. The maximum atomic E-state index is 13.0. The van der Waals surface area contributed by atoms with Crippen LogP contribution >= 0.6 is 0 Å². The summed E-state index contributed by atoms with van der Waals surface area (Å²) in [4.78, 5) is 17.7. The second kappa shape index (κ2) is 10.9. The van der Waals surface area contributed by atoms with Crippen molar-refractivity contribution in [2.24, 2.45) is 0 Å². The van der Waals surface area contributed by atoms with Gasteiger partial charge in [0, 0.05) is 35.7 Å². The molecule has 2 aliphatic rings. The van der Waals surface area contributed by atoms with Gasteiger partial charge in [-0.05, 0) is 61.2 Å². The molecule has 4 aromatic rings. The van der Waals surface area contributed by atoms with Gasteiger partial charge in [0.2, 0.25) is 0 Å². The van der Waals surface area contributed by atoms with Crippen LogP contribution < -0.4 is 9.64 Å². The molecule has 2 aromatic heterocycles. The molecule has 0 spiro atoms. The Balaban J connectivity index is 1.12. The van der Waals surface area contributed by atoms with Crippen molar-refractivity contribution in [3.63, 3.8) is 0 Å². The summed E-state index contributed by atoms with van der Waals surface area (Å²) >= 11 is 0. The average molecular weight is 571 g/mol. The van der Waals surface area contributed by atoms with E-state index in [1.165, 1.54) is 30.3 Å². The fourth-order valence-corrected chi connectivity index (χ4v) is 4.89. The molecule has 0 amide bonds. The number of piperidine rings is 1. The van der Waals surface area contributed by atoms with Crippen LogP contribution in [0.15, 0.2) is 57.6 Å². The first-order chi connectivity index (χ1) is 19.7. The first kappa shape index (κ1) is 26.8. The van der Waals surface area contributed by atoms with Crippen LogP contribution in [-0.4, -0.2) is 51.9 Å². The maximum absolute atomic E-state index is 13.0. The van der Waals surface area contributed by atoms with E-state index in [0.29, 0.717) is 48.8 Å². The summed E-state index contributed by atoms with van der Waals surface area (Å²) in [5.41, 5.74) is 1.75. The van der Waals surface area contributed by atoms with Crippen molar-refractivity contribution < 1.29 is 41.6 Å². The zero-order valence-electron chi connectivity index (χ0n) is 21.6. The summed E-state index contributed by atoms with van der Waals surface area (Å²) in [6.07, 6.45) is -1.79. The molecule has 6 rings (SSSR count). The minimum atomic E-state index is -4.84. The lowest BCUT2D eigenvalue weighted by molar-refractivity contribution is -0.274. The van der Waals surface area contributed by atoms with Gasteiger partial charge in [-0.3, -0.25) is 0 Å². The number of anilines is 1. The number of carbonyl (C=O) groups is 1. The molecule has 1 aliphatic carbocycles. The monoisotopic (exact) mass is 570 g/mol.